The minimum absolute atomic E-state index is 0.429. The normalized spacial score (nSPS) is 29.7. The number of aromatic nitrogens is 1. The molecule has 0 radical (unpaired) electrons. The molecule has 0 unspecified atom stereocenters. The number of likely N-dealkylation sites (tertiary alicyclic amines) is 1. The van der Waals surface area contributed by atoms with Crippen molar-refractivity contribution in [2.24, 2.45) is 11.8 Å². The first kappa shape index (κ1) is 19.3. The average molecular weight is 410 g/mol. The number of carbonyl (C=O) groups excluding carboxylic acids is 1. The van der Waals surface area contributed by atoms with Crippen LogP contribution < -0.4 is 0 Å². The predicted octanol–water partition coefficient (Wildman–Crippen LogP) is 4.81. The fourth-order valence-corrected chi connectivity index (χ4v) is 6.94. The van der Waals surface area contributed by atoms with Gasteiger partial charge >= 0.3 is 0 Å². The minimum atomic E-state index is 0.429. The van der Waals surface area contributed by atoms with Crippen molar-refractivity contribution < 1.29 is 4.79 Å². The molecular weight excluding hydrogens is 378 g/mol. The molecule has 29 heavy (non-hydrogen) atoms. The Bertz CT molecular complexity index is 851. The molecule has 4 heterocycles. The van der Waals surface area contributed by atoms with E-state index in [-0.39, 0.29) is 0 Å². The van der Waals surface area contributed by atoms with Crippen molar-refractivity contribution in [2.75, 3.05) is 13.1 Å². The van der Waals surface area contributed by atoms with Crippen LogP contribution in [-0.4, -0.2) is 45.9 Å². The maximum Gasteiger partial charge on any atom is 0.223 e. The summed E-state index contributed by atoms with van der Waals surface area (Å²) in [6.07, 6.45) is 8.75. The number of thiazole rings is 1. The van der Waals surface area contributed by atoms with Crippen LogP contribution in [0.25, 0.3) is 10.6 Å². The van der Waals surface area contributed by atoms with Crippen LogP contribution in [-0.2, 0) is 11.3 Å². The Morgan fingerprint density at radius 1 is 1.17 bits per heavy atom. The molecular formula is C24H31N3OS. The number of hydrogen-bond donors (Lipinski definition) is 0. The Balaban J connectivity index is 1.32. The monoisotopic (exact) mass is 409 g/mol. The number of fused-ring (bicyclic) bond motifs is 4. The molecule has 3 saturated heterocycles. The zero-order valence-electron chi connectivity index (χ0n) is 17.3. The van der Waals surface area contributed by atoms with Crippen LogP contribution >= 0.6 is 11.3 Å². The molecule has 0 N–H and O–H groups in total. The van der Waals surface area contributed by atoms with Gasteiger partial charge in [0.05, 0.1) is 0 Å². The third kappa shape index (κ3) is 3.75. The van der Waals surface area contributed by atoms with Gasteiger partial charge in [-0.05, 0) is 37.5 Å². The third-order valence-corrected chi connectivity index (χ3v) is 8.14. The summed E-state index contributed by atoms with van der Waals surface area (Å²) in [7, 11) is 0. The summed E-state index contributed by atoms with van der Waals surface area (Å²) < 4.78 is 0. The molecule has 3 fully saturated rings. The van der Waals surface area contributed by atoms with Crippen LogP contribution in [0.4, 0.5) is 0 Å². The van der Waals surface area contributed by atoms with Crippen molar-refractivity contribution in [1.82, 2.24) is 14.8 Å². The molecule has 2 aromatic rings. The van der Waals surface area contributed by atoms with E-state index >= 15 is 0 Å². The molecule has 3 aliphatic heterocycles. The largest absolute Gasteiger partial charge is 0.336 e. The number of piperidine rings is 3. The molecule has 4 atom stereocenters. The Morgan fingerprint density at radius 2 is 2.00 bits per heavy atom. The highest BCUT2D eigenvalue weighted by molar-refractivity contribution is 7.15. The van der Waals surface area contributed by atoms with E-state index in [9.17, 15) is 4.79 Å². The van der Waals surface area contributed by atoms with Crippen LogP contribution in [0.2, 0.25) is 0 Å². The highest BCUT2D eigenvalue weighted by atomic mass is 32.1. The Morgan fingerprint density at radius 3 is 2.83 bits per heavy atom. The standard InChI is InChI=1S/C24H31N3OS/c1-2-7-21-18-12-19(22-10-6-11-23(28)27(21)22)15-26(14-18)16-20-13-25-24(29-20)17-8-4-3-5-9-17/h3-5,8-9,13,18-19,21-22H,2,6-7,10-12,14-16H2,1H3/t18-,19+,21-,22-/m0/s1. The van der Waals surface area contributed by atoms with Gasteiger partial charge < -0.3 is 4.90 Å². The Hall–Kier alpha value is -1.72. The minimum Gasteiger partial charge on any atom is -0.336 e. The predicted molar refractivity (Wildman–Crippen MR) is 118 cm³/mol. The SMILES string of the molecule is CCC[C@H]1[C@H]2C[C@H](CN(Cc3cnc(-c4ccccc4)s3)C2)[C@@H]2CCCC(=O)N21. The average Bonchev–Trinajstić information content (AvgIpc) is 3.20. The van der Waals surface area contributed by atoms with Gasteiger partial charge in [-0.15, -0.1) is 11.3 Å². The van der Waals surface area contributed by atoms with Gasteiger partial charge in [-0.25, -0.2) is 4.98 Å². The van der Waals surface area contributed by atoms with Crippen LogP contribution in [0.1, 0.15) is 50.3 Å². The zero-order chi connectivity index (χ0) is 19.8. The smallest absolute Gasteiger partial charge is 0.223 e. The second kappa shape index (κ2) is 8.19. The molecule has 0 spiro atoms. The summed E-state index contributed by atoms with van der Waals surface area (Å²) in [5.41, 5.74) is 1.21. The number of hydrogen-bond acceptors (Lipinski definition) is 4. The number of benzene rings is 1. The van der Waals surface area contributed by atoms with E-state index < -0.39 is 0 Å². The van der Waals surface area contributed by atoms with Gasteiger partial charge in [0.1, 0.15) is 5.01 Å². The maximum atomic E-state index is 12.8. The van der Waals surface area contributed by atoms with E-state index in [2.05, 4.69) is 58.2 Å². The number of carbonyl (C=O) groups is 1. The van der Waals surface area contributed by atoms with Crippen molar-refractivity contribution >= 4 is 17.2 Å². The molecule has 1 amide bonds. The van der Waals surface area contributed by atoms with Gasteiger partial charge in [-0.2, -0.15) is 0 Å². The topological polar surface area (TPSA) is 36.4 Å². The molecule has 154 valence electrons. The maximum absolute atomic E-state index is 12.8. The second-order valence-corrected chi connectivity index (χ2v) is 10.2. The Kier molecular flexibility index (Phi) is 5.44. The summed E-state index contributed by atoms with van der Waals surface area (Å²) in [6.45, 7) is 5.51. The van der Waals surface area contributed by atoms with Gasteiger partial charge in [0.15, 0.2) is 0 Å². The summed E-state index contributed by atoms with van der Waals surface area (Å²) in [5, 5.41) is 1.12. The van der Waals surface area contributed by atoms with Gasteiger partial charge in [0, 0.05) is 54.8 Å². The lowest BCUT2D eigenvalue weighted by Gasteiger charge is -2.56. The molecule has 1 aromatic carbocycles. The van der Waals surface area contributed by atoms with E-state index in [1.165, 1.54) is 23.3 Å². The highest BCUT2D eigenvalue weighted by Gasteiger charge is 2.48. The fraction of sp³-hybridized carbons (Fsp3) is 0.583. The zero-order valence-corrected chi connectivity index (χ0v) is 18.1. The first-order valence-electron chi connectivity index (χ1n) is 11.3. The second-order valence-electron chi connectivity index (χ2n) is 9.06. The fourth-order valence-electron chi connectivity index (χ4n) is 5.98. The number of nitrogens with zero attached hydrogens (tertiary/aromatic N) is 3. The lowest BCUT2D eigenvalue weighted by molar-refractivity contribution is -0.153. The van der Waals surface area contributed by atoms with Gasteiger partial charge in [0.25, 0.3) is 0 Å². The summed E-state index contributed by atoms with van der Waals surface area (Å²) in [4.78, 5) is 23.8. The quantitative estimate of drug-likeness (QED) is 0.711. The van der Waals surface area contributed by atoms with Crippen molar-refractivity contribution in [2.45, 2.75) is 64.1 Å². The van der Waals surface area contributed by atoms with Gasteiger partial charge in [-0.1, -0.05) is 43.7 Å². The van der Waals surface area contributed by atoms with Crippen LogP contribution in [0.3, 0.4) is 0 Å². The Labute approximate surface area is 177 Å². The van der Waals surface area contributed by atoms with Crippen molar-refractivity contribution in [3.63, 3.8) is 0 Å². The molecule has 4 nitrogen and oxygen atoms in total. The summed E-state index contributed by atoms with van der Waals surface area (Å²) in [6, 6.07) is 11.4. The molecule has 5 rings (SSSR count). The molecule has 0 aliphatic carbocycles. The van der Waals surface area contributed by atoms with Crippen LogP contribution in [0.15, 0.2) is 36.5 Å². The van der Waals surface area contributed by atoms with E-state index in [4.69, 9.17) is 0 Å². The molecule has 2 bridgehead atoms. The van der Waals surface area contributed by atoms with E-state index in [0.29, 0.717) is 29.8 Å². The van der Waals surface area contributed by atoms with Crippen molar-refractivity contribution in [1.29, 1.82) is 0 Å². The number of rotatable bonds is 5. The molecule has 1 aromatic heterocycles. The summed E-state index contributed by atoms with van der Waals surface area (Å²) >= 11 is 1.82. The first-order valence-corrected chi connectivity index (χ1v) is 12.1. The molecule has 0 saturated carbocycles. The van der Waals surface area contributed by atoms with Crippen LogP contribution in [0.5, 0.6) is 0 Å². The third-order valence-electron chi connectivity index (χ3n) is 7.11. The lowest BCUT2D eigenvalue weighted by Crippen LogP contribution is -2.64. The van der Waals surface area contributed by atoms with Crippen molar-refractivity contribution in [3.8, 4) is 10.6 Å². The van der Waals surface area contributed by atoms with Crippen LogP contribution in [0, 0.1) is 11.8 Å². The molecule has 5 heteroatoms. The summed E-state index contributed by atoms with van der Waals surface area (Å²) in [5.74, 6) is 1.71. The molecule has 3 aliphatic rings. The first-order chi connectivity index (χ1) is 14.2. The van der Waals surface area contributed by atoms with E-state index in [1.807, 2.05) is 11.3 Å². The van der Waals surface area contributed by atoms with Gasteiger partial charge in [-0.3, -0.25) is 9.69 Å². The highest BCUT2D eigenvalue weighted by Crippen LogP contribution is 2.43. The van der Waals surface area contributed by atoms with E-state index in [0.717, 1.165) is 50.3 Å². The lowest BCUT2D eigenvalue weighted by atomic mass is 9.71. The van der Waals surface area contributed by atoms with E-state index in [1.54, 1.807) is 0 Å². The van der Waals surface area contributed by atoms with Gasteiger partial charge in [0.2, 0.25) is 5.91 Å². The van der Waals surface area contributed by atoms with Crippen molar-refractivity contribution in [3.05, 3.63) is 41.4 Å². The number of amides is 1.